The number of rotatable bonds is 16. The van der Waals surface area contributed by atoms with Crippen LogP contribution in [0.1, 0.15) is 74.2 Å². The highest BCUT2D eigenvalue weighted by molar-refractivity contribution is 6.42. The van der Waals surface area contributed by atoms with Crippen LogP contribution in [-0.4, -0.2) is 91.3 Å². The third-order valence-electron chi connectivity index (χ3n) is 13.3. The quantitative estimate of drug-likeness (QED) is 0.0919. The van der Waals surface area contributed by atoms with E-state index in [1.54, 1.807) is 0 Å². The van der Waals surface area contributed by atoms with Gasteiger partial charge in [0.05, 0.1) is 29.9 Å². The number of hydrogen-bond acceptors (Lipinski definition) is 6. The second-order valence-corrected chi connectivity index (χ2v) is 18.3. The molecule has 322 valence electrons. The predicted molar refractivity (Wildman–Crippen MR) is 254 cm³/mol. The molecule has 61 heavy (non-hydrogen) atoms. The summed E-state index contributed by atoms with van der Waals surface area (Å²) in [6, 6.07) is 43.6. The second kappa shape index (κ2) is 21.6. The van der Waals surface area contributed by atoms with Crippen LogP contribution in [0, 0.1) is 5.92 Å². The number of ether oxygens (including phenoxy) is 2. The van der Waals surface area contributed by atoms with Crippen LogP contribution in [0.3, 0.4) is 0 Å². The van der Waals surface area contributed by atoms with E-state index in [9.17, 15) is 0 Å². The maximum Gasteiger partial charge on any atom is 0.119 e. The van der Waals surface area contributed by atoms with Crippen LogP contribution in [0.4, 0.5) is 0 Å². The molecule has 0 amide bonds. The molecule has 0 saturated carbocycles. The normalized spacial score (nSPS) is 20.1. The van der Waals surface area contributed by atoms with Gasteiger partial charge >= 0.3 is 0 Å². The molecule has 3 heterocycles. The summed E-state index contributed by atoms with van der Waals surface area (Å²) in [7, 11) is 0. The standard InChI is InChI=1S/C53H64Cl2N4O2/c1-3-5-31-61-50-22-11-41(12-23-50)38-59-39-48(20-21-49(59)4-2)53(58-29-32-60-33-30-58)45-18-16-44(17-19-45)47-8-6-7-46(35-47)43-14-9-40(10-15-43)36-56-25-27-57(28-26-56)37-42-13-24-51(54)52(55)34-42/h6-19,22-24,34-35,48-49,53H,3-5,20-21,25-33,36-39H2,1-2H3. The molecule has 6 nitrogen and oxygen atoms in total. The first-order valence-electron chi connectivity index (χ1n) is 22.9. The number of unbranched alkanes of at least 4 members (excludes halogenated alkanes) is 1. The Hall–Kier alpha value is -3.72. The summed E-state index contributed by atoms with van der Waals surface area (Å²) < 4.78 is 11.8. The number of piperidine rings is 1. The molecule has 3 aliphatic rings. The van der Waals surface area contributed by atoms with Crippen molar-refractivity contribution in [3.05, 3.63) is 148 Å². The molecule has 0 spiro atoms. The maximum atomic E-state index is 6.26. The van der Waals surface area contributed by atoms with E-state index in [1.807, 2.05) is 12.1 Å². The molecule has 0 aromatic heterocycles. The molecule has 0 aliphatic carbocycles. The van der Waals surface area contributed by atoms with Gasteiger partial charge in [-0.15, -0.1) is 0 Å². The van der Waals surface area contributed by atoms with E-state index in [2.05, 4.69) is 137 Å². The lowest BCUT2D eigenvalue weighted by Crippen LogP contribution is -2.49. The fourth-order valence-electron chi connectivity index (χ4n) is 9.75. The summed E-state index contributed by atoms with van der Waals surface area (Å²) in [6.07, 6.45) is 5.92. The van der Waals surface area contributed by atoms with Gasteiger partial charge in [0.1, 0.15) is 5.75 Å². The van der Waals surface area contributed by atoms with Gasteiger partial charge in [-0.2, -0.15) is 0 Å². The van der Waals surface area contributed by atoms with Crippen LogP contribution >= 0.6 is 23.2 Å². The van der Waals surface area contributed by atoms with Crippen LogP contribution in [0.2, 0.25) is 10.0 Å². The molecule has 8 rings (SSSR count). The smallest absolute Gasteiger partial charge is 0.119 e. The minimum absolute atomic E-state index is 0.371. The molecule has 5 aromatic carbocycles. The van der Waals surface area contributed by atoms with Gasteiger partial charge < -0.3 is 9.47 Å². The zero-order valence-corrected chi connectivity index (χ0v) is 37.8. The van der Waals surface area contributed by atoms with Gasteiger partial charge in [-0.05, 0) is 106 Å². The highest BCUT2D eigenvalue weighted by Gasteiger charge is 2.36. The molecular weight excluding hydrogens is 796 g/mol. The first kappa shape index (κ1) is 43.9. The summed E-state index contributed by atoms with van der Waals surface area (Å²) in [6.45, 7) is 17.1. The molecule has 3 fully saturated rings. The number of hydrogen-bond donors (Lipinski definition) is 0. The van der Waals surface area contributed by atoms with Crippen LogP contribution in [-0.2, 0) is 24.4 Å². The topological polar surface area (TPSA) is 31.4 Å². The highest BCUT2D eigenvalue weighted by atomic mass is 35.5. The molecule has 3 unspecified atom stereocenters. The summed E-state index contributed by atoms with van der Waals surface area (Å²) >= 11 is 12.4. The summed E-state index contributed by atoms with van der Waals surface area (Å²) in [5.41, 5.74) is 10.4. The molecular formula is C53H64Cl2N4O2. The predicted octanol–water partition coefficient (Wildman–Crippen LogP) is 11.9. The molecule has 8 heteroatoms. The van der Waals surface area contributed by atoms with Gasteiger partial charge in [0.2, 0.25) is 0 Å². The Morgan fingerprint density at radius 1 is 0.623 bits per heavy atom. The van der Waals surface area contributed by atoms with E-state index in [0.717, 1.165) is 104 Å². The minimum Gasteiger partial charge on any atom is -0.494 e. The first-order chi connectivity index (χ1) is 29.9. The molecule has 5 aromatic rings. The zero-order chi connectivity index (χ0) is 42.0. The number of piperazine rings is 1. The fourth-order valence-corrected chi connectivity index (χ4v) is 10.1. The SMILES string of the molecule is CCCCOc1ccc(CN2CC(C(c3ccc(-c4cccc(-c5ccc(CN6CCN(Cc7ccc(Cl)c(Cl)c7)CC6)cc5)c4)cc3)N3CCOCC3)CCC2CC)cc1. The van der Waals surface area contributed by atoms with Crippen molar-refractivity contribution in [2.45, 2.75) is 77.7 Å². The number of nitrogens with zero attached hydrogens (tertiary/aromatic N) is 4. The zero-order valence-electron chi connectivity index (χ0n) is 36.3. The van der Waals surface area contributed by atoms with Crippen molar-refractivity contribution in [2.75, 3.05) is 65.6 Å². The number of morpholine rings is 1. The third kappa shape index (κ3) is 11.7. The van der Waals surface area contributed by atoms with Gasteiger partial charge in [0, 0.05) is 77.5 Å². The van der Waals surface area contributed by atoms with E-state index < -0.39 is 0 Å². The van der Waals surface area contributed by atoms with Gasteiger partial charge in [-0.25, -0.2) is 0 Å². The van der Waals surface area contributed by atoms with Crippen molar-refractivity contribution < 1.29 is 9.47 Å². The van der Waals surface area contributed by atoms with Crippen LogP contribution in [0.15, 0.2) is 115 Å². The average Bonchev–Trinajstić information content (AvgIpc) is 3.30. The number of likely N-dealkylation sites (tertiary alicyclic amines) is 1. The highest BCUT2D eigenvalue weighted by Crippen LogP contribution is 2.39. The lowest BCUT2D eigenvalue weighted by Gasteiger charge is -2.46. The van der Waals surface area contributed by atoms with E-state index in [1.165, 1.54) is 63.8 Å². The van der Waals surface area contributed by atoms with Crippen molar-refractivity contribution in [2.24, 2.45) is 5.92 Å². The van der Waals surface area contributed by atoms with Gasteiger partial charge in [0.15, 0.2) is 0 Å². The van der Waals surface area contributed by atoms with Crippen molar-refractivity contribution in [1.82, 2.24) is 19.6 Å². The van der Waals surface area contributed by atoms with Crippen molar-refractivity contribution in [3.8, 4) is 28.0 Å². The number of benzene rings is 5. The fraction of sp³-hybridized carbons (Fsp3) is 0.434. The van der Waals surface area contributed by atoms with E-state index in [-0.39, 0.29) is 0 Å². The Morgan fingerprint density at radius 2 is 1.23 bits per heavy atom. The molecule has 3 saturated heterocycles. The van der Waals surface area contributed by atoms with E-state index >= 15 is 0 Å². The Balaban J connectivity index is 0.902. The largest absolute Gasteiger partial charge is 0.494 e. The van der Waals surface area contributed by atoms with Crippen molar-refractivity contribution >= 4 is 23.2 Å². The molecule has 0 N–H and O–H groups in total. The van der Waals surface area contributed by atoms with Crippen LogP contribution < -0.4 is 4.74 Å². The molecule has 3 aliphatic heterocycles. The Kier molecular flexibility index (Phi) is 15.5. The van der Waals surface area contributed by atoms with Gasteiger partial charge in [-0.1, -0.05) is 128 Å². The summed E-state index contributed by atoms with van der Waals surface area (Å²) in [4.78, 5) is 10.5. The summed E-state index contributed by atoms with van der Waals surface area (Å²) in [5, 5.41) is 1.24. The third-order valence-corrected chi connectivity index (χ3v) is 14.0. The molecule has 0 radical (unpaired) electrons. The van der Waals surface area contributed by atoms with E-state index in [0.29, 0.717) is 28.0 Å². The average molecular weight is 860 g/mol. The summed E-state index contributed by atoms with van der Waals surface area (Å²) in [5.74, 6) is 1.53. The first-order valence-corrected chi connectivity index (χ1v) is 23.6. The Morgan fingerprint density at radius 3 is 1.87 bits per heavy atom. The maximum absolute atomic E-state index is 6.26. The lowest BCUT2D eigenvalue weighted by molar-refractivity contribution is -0.0185. The lowest BCUT2D eigenvalue weighted by atomic mass is 9.82. The molecule has 0 bridgehead atoms. The monoisotopic (exact) mass is 858 g/mol. The minimum atomic E-state index is 0.371. The second-order valence-electron chi connectivity index (χ2n) is 17.5. The van der Waals surface area contributed by atoms with Crippen LogP contribution in [0.5, 0.6) is 5.75 Å². The van der Waals surface area contributed by atoms with Crippen LogP contribution in [0.25, 0.3) is 22.3 Å². The van der Waals surface area contributed by atoms with Crippen molar-refractivity contribution in [3.63, 3.8) is 0 Å². The Labute approximate surface area is 375 Å². The molecule has 3 atom stereocenters. The number of halogens is 2. The van der Waals surface area contributed by atoms with E-state index in [4.69, 9.17) is 32.7 Å². The Bertz CT molecular complexity index is 2110. The van der Waals surface area contributed by atoms with Gasteiger partial charge in [-0.3, -0.25) is 19.6 Å². The van der Waals surface area contributed by atoms with Gasteiger partial charge in [0.25, 0.3) is 0 Å². The van der Waals surface area contributed by atoms with Crippen molar-refractivity contribution in [1.29, 1.82) is 0 Å².